The average molecular weight is 588 g/mol. The van der Waals surface area contributed by atoms with Crippen molar-refractivity contribution in [1.82, 2.24) is 19.8 Å². The monoisotopic (exact) mass is 587 g/mol. The first-order chi connectivity index (χ1) is 19.7. The van der Waals surface area contributed by atoms with Gasteiger partial charge in [0, 0.05) is 59.6 Å². The van der Waals surface area contributed by atoms with Crippen LogP contribution in [-0.4, -0.2) is 76.6 Å². The third kappa shape index (κ3) is 6.27. The number of rotatable bonds is 9. The van der Waals surface area contributed by atoms with Crippen LogP contribution in [0.25, 0.3) is 11.0 Å². The molecule has 1 aliphatic carbocycles. The molecule has 0 spiro atoms. The van der Waals surface area contributed by atoms with Gasteiger partial charge in [0.1, 0.15) is 5.65 Å². The maximum absolute atomic E-state index is 13.6. The summed E-state index contributed by atoms with van der Waals surface area (Å²) < 4.78 is 32.2. The highest BCUT2D eigenvalue weighted by atomic mass is 32.2. The van der Waals surface area contributed by atoms with E-state index in [4.69, 9.17) is 4.74 Å². The summed E-state index contributed by atoms with van der Waals surface area (Å²) in [6, 6.07) is 4.30. The van der Waals surface area contributed by atoms with Gasteiger partial charge in [-0.1, -0.05) is 0 Å². The van der Waals surface area contributed by atoms with Crippen LogP contribution in [0, 0.1) is 18.8 Å². The minimum atomic E-state index is -2.71. The van der Waals surface area contributed by atoms with Crippen molar-refractivity contribution in [2.45, 2.75) is 77.7 Å². The number of thioether (sulfide) groups is 1. The van der Waals surface area contributed by atoms with Gasteiger partial charge in [0.2, 0.25) is 0 Å². The number of hydrogen-bond acceptors (Lipinski definition) is 6. The number of carbonyl (C=O) groups excluding carboxylic acids is 2. The summed E-state index contributed by atoms with van der Waals surface area (Å²) in [6.45, 7) is 4.83. The number of likely N-dealkylation sites (tertiary alicyclic amines) is 1. The number of amides is 2. The van der Waals surface area contributed by atoms with E-state index in [0.717, 1.165) is 53.9 Å². The summed E-state index contributed by atoms with van der Waals surface area (Å²) in [4.78, 5) is 38.2. The lowest BCUT2D eigenvalue weighted by Crippen LogP contribution is -2.38. The Morgan fingerprint density at radius 3 is 2.68 bits per heavy atom. The number of aliphatic imine (C=N–C) groups is 1. The average Bonchev–Trinajstić information content (AvgIpc) is 3.52. The number of hydrogen-bond donors (Lipinski definition) is 1. The molecule has 3 atom stereocenters. The number of ether oxygens (including phenoxy) is 1. The van der Waals surface area contributed by atoms with Crippen LogP contribution >= 0.6 is 11.8 Å². The molecule has 2 aromatic heterocycles. The first kappa shape index (κ1) is 29.8. The van der Waals surface area contributed by atoms with Gasteiger partial charge in [0.15, 0.2) is 0 Å². The molecule has 0 aromatic carbocycles. The van der Waals surface area contributed by atoms with Crippen LogP contribution in [0.5, 0.6) is 0 Å². The van der Waals surface area contributed by atoms with Gasteiger partial charge >= 0.3 is 6.61 Å². The number of dihydropyridines is 1. The Morgan fingerprint density at radius 2 is 1.98 bits per heavy atom. The maximum atomic E-state index is 13.6. The molecule has 3 aliphatic rings. The molecule has 2 aliphatic heterocycles. The lowest BCUT2D eigenvalue weighted by atomic mass is 9.81. The summed E-state index contributed by atoms with van der Waals surface area (Å²) in [5, 5.41) is 3.81. The van der Waals surface area contributed by atoms with E-state index in [9.17, 15) is 18.4 Å². The van der Waals surface area contributed by atoms with Crippen LogP contribution < -0.4 is 5.32 Å². The maximum Gasteiger partial charge on any atom is 0.345 e. The van der Waals surface area contributed by atoms with Crippen molar-refractivity contribution in [2.24, 2.45) is 16.8 Å². The Kier molecular flexibility index (Phi) is 9.25. The van der Waals surface area contributed by atoms with E-state index in [-0.39, 0.29) is 30.5 Å². The fourth-order valence-electron chi connectivity index (χ4n) is 6.93. The zero-order chi connectivity index (χ0) is 29.3. The zero-order valence-corrected chi connectivity index (χ0v) is 24.9. The summed E-state index contributed by atoms with van der Waals surface area (Å²) >= 11 is 1.50. The van der Waals surface area contributed by atoms with Gasteiger partial charge in [-0.05, 0) is 83.3 Å². The Balaban J connectivity index is 1.28. The third-order valence-corrected chi connectivity index (χ3v) is 9.91. The van der Waals surface area contributed by atoms with Crippen LogP contribution in [0.15, 0.2) is 34.3 Å². The number of fused-ring (bicyclic) bond motifs is 1. The highest BCUT2D eigenvalue weighted by Gasteiger charge is 2.35. The predicted octanol–water partition coefficient (Wildman–Crippen LogP) is 5.37. The third-order valence-electron chi connectivity index (χ3n) is 9.04. The fraction of sp³-hybridized carbons (Fsp3) is 0.600. The first-order valence-electron chi connectivity index (χ1n) is 14.4. The first-order valence-corrected chi connectivity index (χ1v) is 15.7. The van der Waals surface area contributed by atoms with Gasteiger partial charge in [-0.25, -0.2) is 9.98 Å². The minimum Gasteiger partial charge on any atom is -0.351 e. The molecule has 4 heterocycles. The summed E-state index contributed by atoms with van der Waals surface area (Å²) in [7, 11) is 0. The van der Waals surface area contributed by atoms with Crippen molar-refractivity contribution in [3.05, 3.63) is 40.6 Å². The van der Waals surface area contributed by atoms with Crippen molar-refractivity contribution >= 4 is 40.3 Å². The number of allylic oxidation sites excluding steroid dienone is 1. The van der Waals surface area contributed by atoms with Crippen molar-refractivity contribution in [2.75, 3.05) is 25.9 Å². The summed E-state index contributed by atoms with van der Waals surface area (Å²) in [5.74, 6) is -0.522. The normalized spacial score (nSPS) is 26.4. The van der Waals surface area contributed by atoms with Gasteiger partial charge in [0.25, 0.3) is 11.8 Å². The summed E-state index contributed by atoms with van der Waals surface area (Å²) in [5.41, 5.74) is 2.92. The smallest absolute Gasteiger partial charge is 0.345 e. The topological polar surface area (TPSA) is 88.8 Å². The van der Waals surface area contributed by atoms with Crippen LogP contribution in [0.1, 0.15) is 68.0 Å². The molecular weight excluding hydrogens is 548 g/mol. The molecule has 0 bridgehead atoms. The number of nitrogens with zero attached hydrogens (tertiary/aromatic N) is 4. The molecule has 1 saturated carbocycles. The number of nitrogens with one attached hydrogen (secondary N) is 1. The van der Waals surface area contributed by atoms with Gasteiger partial charge in [-0.3, -0.25) is 14.5 Å². The molecule has 0 radical (unpaired) electrons. The molecule has 2 amide bonds. The lowest BCUT2D eigenvalue weighted by molar-refractivity contribution is -0.159. The SMILES string of the molecule is CSC1=CC(C)=NC(=O)C1CNC(=O)c1c(C)n([C@H](C)C2CCC(N3CC[C@@H](OC(F)F)C3)CC2)c2ncccc12. The van der Waals surface area contributed by atoms with Crippen LogP contribution in [0.3, 0.4) is 0 Å². The van der Waals surface area contributed by atoms with Gasteiger partial charge in [-0.15, -0.1) is 11.8 Å². The molecule has 41 heavy (non-hydrogen) atoms. The largest absolute Gasteiger partial charge is 0.351 e. The molecule has 5 rings (SSSR count). The second-order valence-electron chi connectivity index (χ2n) is 11.4. The Labute approximate surface area is 244 Å². The Bertz CT molecular complexity index is 1350. The Morgan fingerprint density at radius 1 is 1.22 bits per heavy atom. The highest BCUT2D eigenvalue weighted by molar-refractivity contribution is 8.02. The number of aromatic nitrogens is 2. The predicted molar refractivity (Wildman–Crippen MR) is 158 cm³/mol. The van der Waals surface area contributed by atoms with Crippen molar-refractivity contribution < 1.29 is 23.1 Å². The molecule has 8 nitrogen and oxygen atoms in total. The molecule has 2 fully saturated rings. The summed E-state index contributed by atoms with van der Waals surface area (Å²) in [6.07, 6.45) is 9.92. The highest BCUT2D eigenvalue weighted by Crippen LogP contribution is 2.39. The van der Waals surface area contributed by atoms with Crippen molar-refractivity contribution in [3.63, 3.8) is 0 Å². The van der Waals surface area contributed by atoms with E-state index in [1.807, 2.05) is 31.4 Å². The van der Waals surface area contributed by atoms with Crippen molar-refractivity contribution in [3.8, 4) is 0 Å². The van der Waals surface area contributed by atoms with E-state index < -0.39 is 12.5 Å². The number of halogens is 2. The molecule has 11 heteroatoms. The Hall–Kier alpha value is -2.63. The van der Waals surface area contributed by atoms with E-state index in [1.165, 1.54) is 11.8 Å². The molecule has 222 valence electrons. The minimum absolute atomic E-state index is 0.131. The van der Waals surface area contributed by atoms with Gasteiger partial charge < -0.3 is 14.6 Å². The quantitative estimate of drug-likeness (QED) is 0.424. The van der Waals surface area contributed by atoms with E-state index in [1.54, 1.807) is 13.1 Å². The standard InChI is InChI=1S/C30H39F2N5O3S/c1-17-14-25(41-4)24(28(38)35-17)15-34-29(39)26-19(3)37(27-23(26)6-5-12-33-27)18(2)20-7-9-21(10-8-20)36-13-11-22(16-36)40-30(31)32/h5-6,12,14,18,20-22,24,30H,7-11,13,15-16H2,1-4H3,(H,34,39)/t18-,20?,21?,22-,24?/m1/s1. The molecular formula is C30H39F2N5O3S. The molecule has 1 saturated heterocycles. The number of pyridine rings is 1. The lowest BCUT2D eigenvalue weighted by Gasteiger charge is -2.37. The number of alkyl halides is 2. The molecule has 2 aromatic rings. The van der Waals surface area contributed by atoms with Crippen LogP contribution in [-0.2, 0) is 9.53 Å². The van der Waals surface area contributed by atoms with Crippen LogP contribution in [0.2, 0.25) is 0 Å². The fourth-order valence-corrected chi connectivity index (χ4v) is 7.69. The second kappa shape index (κ2) is 12.7. The van der Waals surface area contributed by atoms with Gasteiger partial charge in [0.05, 0.1) is 17.6 Å². The zero-order valence-electron chi connectivity index (χ0n) is 24.1. The van der Waals surface area contributed by atoms with Crippen LogP contribution in [0.4, 0.5) is 8.78 Å². The van der Waals surface area contributed by atoms with E-state index in [2.05, 4.69) is 31.7 Å². The molecule has 1 N–H and O–H groups in total. The second-order valence-corrected chi connectivity index (χ2v) is 12.3. The molecule has 1 unspecified atom stereocenters. The van der Waals surface area contributed by atoms with Gasteiger partial charge in [-0.2, -0.15) is 8.78 Å². The van der Waals surface area contributed by atoms with E-state index in [0.29, 0.717) is 36.2 Å². The van der Waals surface area contributed by atoms with Crippen molar-refractivity contribution in [1.29, 1.82) is 0 Å². The van der Waals surface area contributed by atoms with E-state index >= 15 is 0 Å². The number of carbonyl (C=O) groups is 2.